The van der Waals surface area contributed by atoms with Gasteiger partial charge in [0.15, 0.2) is 4.96 Å². The number of fused-ring (bicyclic) bond motifs is 3. The Morgan fingerprint density at radius 3 is 2.53 bits per heavy atom. The van der Waals surface area contributed by atoms with Crippen LogP contribution in [-0.4, -0.2) is 64.5 Å². The van der Waals surface area contributed by atoms with Crippen LogP contribution in [0.4, 0.5) is 4.79 Å². The first-order valence-electron chi connectivity index (χ1n) is 11.8. The number of aromatic nitrogens is 2. The Hall–Kier alpha value is -3.10. The van der Waals surface area contributed by atoms with Crippen molar-refractivity contribution in [2.45, 2.75) is 33.4 Å². The Labute approximate surface area is 204 Å². The van der Waals surface area contributed by atoms with Gasteiger partial charge in [-0.2, -0.15) is 0 Å². The molecule has 0 atom stereocenters. The lowest BCUT2D eigenvalue weighted by Gasteiger charge is -2.35. The number of carbonyl (C=O) groups excluding carboxylic acids is 1. The molecule has 2 aromatic heterocycles. The van der Waals surface area contributed by atoms with Crippen LogP contribution in [0, 0.1) is 6.92 Å². The van der Waals surface area contributed by atoms with E-state index < -0.39 is 0 Å². The predicted octanol–water partition coefficient (Wildman–Crippen LogP) is 4.77. The largest absolute Gasteiger partial charge is 0.497 e. The fraction of sp³-hybridized carbons (Fsp3) is 0.385. The van der Waals surface area contributed by atoms with Crippen LogP contribution in [0.3, 0.4) is 0 Å². The number of urea groups is 1. The number of methoxy groups -OCH3 is 1. The van der Waals surface area contributed by atoms with Crippen molar-refractivity contribution in [2.75, 3.05) is 33.3 Å². The van der Waals surface area contributed by atoms with Gasteiger partial charge in [0.25, 0.3) is 0 Å². The average Bonchev–Trinajstić information content (AvgIpc) is 3.35. The summed E-state index contributed by atoms with van der Waals surface area (Å²) in [5.74, 6) is 0.855. The molecule has 0 spiro atoms. The SMILES string of the molecule is COc1ccc2c(c1)sc1nc(-c3ccc(C)cc3)c(CN3CCN(C(=O)NC(C)C)CC3)n12. The minimum Gasteiger partial charge on any atom is -0.497 e. The molecule has 1 saturated heterocycles. The number of rotatable bonds is 5. The third-order valence-corrected chi connectivity index (χ3v) is 7.32. The lowest BCUT2D eigenvalue weighted by atomic mass is 10.1. The molecule has 0 bridgehead atoms. The topological polar surface area (TPSA) is 62.1 Å². The number of aryl methyl sites for hydroxylation is 1. The summed E-state index contributed by atoms with van der Waals surface area (Å²) in [7, 11) is 1.70. The van der Waals surface area contributed by atoms with Crippen molar-refractivity contribution in [1.29, 1.82) is 0 Å². The first-order valence-corrected chi connectivity index (χ1v) is 12.6. The minimum atomic E-state index is 0.0273. The van der Waals surface area contributed by atoms with E-state index in [0.29, 0.717) is 0 Å². The summed E-state index contributed by atoms with van der Waals surface area (Å²) >= 11 is 1.69. The van der Waals surface area contributed by atoms with E-state index in [1.165, 1.54) is 11.3 Å². The maximum Gasteiger partial charge on any atom is 0.317 e. The first-order chi connectivity index (χ1) is 16.4. The van der Waals surface area contributed by atoms with E-state index >= 15 is 0 Å². The summed E-state index contributed by atoms with van der Waals surface area (Å²) < 4.78 is 8.89. The zero-order chi connectivity index (χ0) is 23.8. The molecule has 2 amide bonds. The Bertz CT molecular complexity index is 1320. The van der Waals surface area contributed by atoms with Crippen molar-refractivity contribution in [3.05, 3.63) is 53.7 Å². The lowest BCUT2D eigenvalue weighted by molar-refractivity contribution is 0.133. The van der Waals surface area contributed by atoms with Gasteiger partial charge in [-0.15, -0.1) is 0 Å². The van der Waals surface area contributed by atoms with Crippen molar-refractivity contribution in [2.24, 2.45) is 0 Å². The summed E-state index contributed by atoms with van der Waals surface area (Å²) in [5, 5.41) is 3.00. The van der Waals surface area contributed by atoms with Crippen LogP contribution in [-0.2, 0) is 6.54 Å². The van der Waals surface area contributed by atoms with E-state index in [-0.39, 0.29) is 12.1 Å². The van der Waals surface area contributed by atoms with Crippen LogP contribution in [0.5, 0.6) is 5.75 Å². The number of hydrogen-bond donors (Lipinski definition) is 1. The maximum atomic E-state index is 12.4. The summed E-state index contributed by atoms with van der Waals surface area (Å²) in [6, 6.07) is 15.0. The van der Waals surface area contributed by atoms with Gasteiger partial charge in [-0.25, -0.2) is 9.78 Å². The number of piperazine rings is 1. The van der Waals surface area contributed by atoms with Crippen molar-refractivity contribution >= 4 is 32.5 Å². The van der Waals surface area contributed by atoms with Gasteiger partial charge in [-0.05, 0) is 39.0 Å². The highest BCUT2D eigenvalue weighted by atomic mass is 32.1. The van der Waals surface area contributed by atoms with Crippen molar-refractivity contribution in [3.8, 4) is 17.0 Å². The standard InChI is InChI=1S/C26H31N5O2S/c1-17(2)27-25(32)30-13-11-29(12-14-30)16-22-24(19-7-5-18(3)6-8-19)28-26-31(22)21-10-9-20(33-4)15-23(21)34-26/h5-10,15,17H,11-14,16H2,1-4H3,(H,27,32). The fourth-order valence-electron chi connectivity index (χ4n) is 4.48. The number of nitrogens with one attached hydrogen (secondary N) is 1. The molecule has 0 unspecified atom stereocenters. The number of imidazole rings is 1. The van der Waals surface area contributed by atoms with Gasteiger partial charge in [0.1, 0.15) is 5.75 Å². The molecule has 1 aliphatic rings. The summed E-state index contributed by atoms with van der Waals surface area (Å²) in [5.41, 5.74) is 5.74. The van der Waals surface area contributed by atoms with E-state index in [1.807, 2.05) is 24.8 Å². The third-order valence-electron chi connectivity index (χ3n) is 6.32. The normalized spacial score (nSPS) is 14.9. The van der Waals surface area contributed by atoms with Crippen LogP contribution in [0.15, 0.2) is 42.5 Å². The minimum absolute atomic E-state index is 0.0273. The van der Waals surface area contributed by atoms with Gasteiger partial charge in [-0.3, -0.25) is 9.30 Å². The maximum absolute atomic E-state index is 12.4. The predicted molar refractivity (Wildman–Crippen MR) is 138 cm³/mol. The van der Waals surface area contributed by atoms with Gasteiger partial charge in [0.2, 0.25) is 0 Å². The number of thiazole rings is 1. The van der Waals surface area contributed by atoms with Gasteiger partial charge < -0.3 is 15.0 Å². The molecule has 0 aliphatic carbocycles. The molecule has 1 N–H and O–H groups in total. The molecule has 8 heteroatoms. The van der Waals surface area contributed by atoms with Crippen molar-refractivity contribution < 1.29 is 9.53 Å². The molecular weight excluding hydrogens is 446 g/mol. The number of nitrogens with zero attached hydrogens (tertiary/aromatic N) is 4. The molecule has 0 radical (unpaired) electrons. The summed E-state index contributed by atoms with van der Waals surface area (Å²) in [4.78, 5) is 22.8. The van der Waals surface area contributed by atoms with Crippen LogP contribution in [0.25, 0.3) is 26.4 Å². The van der Waals surface area contributed by atoms with Crippen LogP contribution in [0.1, 0.15) is 25.1 Å². The Kier molecular flexibility index (Phi) is 6.18. The highest BCUT2D eigenvalue weighted by Crippen LogP contribution is 2.35. The van der Waals surface area contributed by atoms with E-state index in [4.69, 9.17) is 9.72 Å². The molecule has 1 aliphatic heterocycles. The van der Waals surface area contributed by atoms with E-state index in [1.54, 1.807) is 18.4 Å². The van der Waals surface area contributed by atoms with E-state index in [0.717, 1.165) is 64.9 Å². The lowest BCUT2D eigenvalue weighted by Crippen LogP contribution is -2.52. The van der Waals surface area contributed by atoms with E-state index in [9.17, 15) is 4.79 Å². The summed E-state index contributed by atoms with van der Waals surface area (Å²) in [6.07, 6.45) is 0. The number of benzene rings is 2. The van der Waals surface area contributed by atoms with Crippen LogP contribution >= 0.6 is 11.3 Å². The second-order valence-corrected chi connectivity index (χ2v) is 10.2. The molecule has 3 heterocycles. The molecule has 2 aromatic carbocycles. The Morgan fingerprint density at radius 1 is 1.12 bits per heavy atom. The van der Waals surface area contributed by atoms with Crippen molar-refractivity contribution in [3.63, 3.8) is 0 Å². The highest BCUT2D eigenvalue weighted by Gasteiger charge is 2.25. The number of carbonyl (C=O) groups is 1. The van der Waals surface area contributed by atoms with Crippen molar-refractivity contribution in [1.82, 2.24) is 24.5 Å². The number of ether oxygens (including phenoxy) is 1. The number of hydrogen-bond acceptors (Lipinski definition) is 5. The highest BCUT2D eigenvalue weighted by molar-refractivity contribution is 7.23. The Morgan fingerprint density at radius 2 is 1.85 bits per heavy atom. The van der Waals surface area contributed by atoms with Crippen LogP contribution < -0.4 is 10.1 Å². The molecule has 0 saturated carbocycles. The molecule has 178 valence electrons. The summed E-state index contributed by atoms with van der Waals surface area (Å²) in [6.45, 7) is 9.99. The van der Waals surface area contributed by atoms with Crippen LogP contribution in [0.2, 0.25) is 0 Å². The third kappa shape index (κ3) is 4.35. The van der Waals surface area contributed by atoms with Gasteiger partial charge in [0, 0.05) is 44.3 Å². The quantitative estimate of drug-likeness (QED) is 0.450. The van der Waals surface area contributed by atoms with Gasteiger partial charge in [-0.1, -0.05) is 41.2 Å². The smallest absolute Gasteiger partial charge is 0.317 e. The molecule has 1 fully saturated rings. The first kappa shape index (κ1) is 22.7. The van der Waals surface area contributed by atoms with Gasteiger partial charge >= 0.3 is 6.03 Å². The fourth-order valence-corrected chi connectivity index (χ4v) is 5.55. The Balaban J connectivity index is 1.48. The zero-order valence-electron chi connectivity index (χ0n) is 20.2. The second-order valence-electron chi connectivity index (χ2n) is 9.19. The molecule has 7 nitrogen and oxygen atoms in total. The molecular formula is C26H31N5O2S. The average molecular weight is 478 g/mol. The monoisotopic (exact) mass is 477 g/mol. The van der Waals surface area contributed by atoms with E-state index in [2.05, 4.69) is 57.9 Å². The second kappa shape index (κ2) is 9.27. The van der Waals surface area contributed by atoms with Gasteiger partial charge in [0.05, 0.1) is 28.7 Å². The molecule has 4 aromatic rings. The number of amides is 2. The molecule has 34 heavy (non-hydrogen) atoms. The zero-order valence-corrected chi connectivity index (χ0v) is 21.0. The molecule has 5 rings (SSSR count).